The summed E-state index contributed by atoms with van der Waals surface area (Å²) in [4.78, 5) is 77.9. The third-order valence-electron chi connectivity index (χ3n) is 8.85. The monoisotopic (exact) mass is 819 g/mol. The number of hydrogen-bond donors (Lipinski definition) is 6. The minimum absolute atomic E-state index is 0.0342. The number of benzene rings is 2. The van der Waals surface area contributed by atoms with Gasteiger partial charge in [0.25, 0.3) is 0 Å². The molecule has 57 heavy (non-hydrogen) atoms. The molecule has 21 heteroatoms. The quantitative estimate of drug-likeness (QED) is 0.0742. The fraction of sp³-hybridized carbons (Fsp3) is 0.528. The number of nitrogens with two attached hydrogens (primary N) is 3. The number of carboxylic acid groups (broad SMARTS) is 2. The molecule has 3 amide bonds. The van der Waals surface area contributed by atoms with Crippen LogP contribution in [0.1, 0.15) is 63.4 Å². The minimum Gasteiger partial charge on any atom is -0.475 e. The molecule has 3 atom stereocenters. The van der Waals surface area contributed by atoms with Crippen molar-refractivity contribution < 1.29 is 65.3 Å². The van der Waals surface area contributed by atoms with Gasteiger partial charge in [-0.1, -0.05) is 42.5 Å². The molecule has 2 saturated heterocycles. The van der Waals surface area contributed by atoms with Gasteiger partial charge in [0.05, 0.1) is 12.1 Å². The van der Waals surface area contributed by atoms with Crippen LogP contribution >= 0.6 is 0 Å². The van der Waals surface area contributed by atoms with Crippen molar-refractivity contribution in [1.82, 2.24) is 15.1 Å². The Bertz CT molecular complexity index is 1710. The highest BCUT2D eigenvalue weighted by atomic mass is 19.4. The fourth-order valence-electron chi connectivity index (χ4n) is 6.01. The molecule has 2 aliphatic rings. The summed E-state index contributed by atoms with van der Waals surface area (Å²) in [6.45, 7) is 2.18. The summed E-state index contributed by atoms with van der Waals surface area (Å²) < 4.78 is 63.5. The van der Waals surface area contributed by atoms with Crippen LogP contribution in [0.5, 0.6) is 0 Å². The number of amides is 3. The fourth-order valence-corrected chi connectivity index (χ4v) is 6.01. The molecule has 0 radical (unpaired) electrons. The van der Waals surface area contributed by atoms with Gasteiger partial charge in [-0.3, -0.25) is 24.2 Å². The number of rotatable bonds is 13. The number of carbonyl (C=O) groups is 6. The van der Waals surface area contributed by atoms with Crippen molar-refractivity contribution in [2.45, 2.75) is 94.7 Å². The molecule has 0 aliphatic carbocycles. The second-order valence-corrected chi connectivity index (χ2v) is 13.2. The Balaban J connectivity index is 0.000000682. The molecule has 0 spiro atoms. The zero-order chi connectivity index (χ0) is 42.9. The molecule has 15 nitrogen and oxygen atoms in total. The normalized spacial score (nSPS) is 16.5. The van der Waals surface area contributed by atoms with E-state index in [1.807, 2.05) is 47.4 Å². The van der Waals surface area contributed by atoms with Gasteiger partial charge >= 0.3 is 24.3 Å². The Morgan fingerprint density at radius 2 is 1.40 bits per heavy atom. The number of halogens is 6. The maximum absolute atomic E-state index is 13.5. The summed E-state index contributed by atoms with van der Waals surface area (Å²) in [6, 6.07) is 11.7. The average molecular weight is 820 g/mol. The van der Waals surface area contributed by atoms with E-state index in [2.05, 4.69) is 10.3 Å². The van der Waals surface area contributed by atoms with Gasteiger partial charge in [-0.25, -0.2) is 9.59 Å². The number of hydrogen-bond acceptors (Lipinski definition) is 8. The first-order chi connectivity index (χ1) is 26.6. The zero-order valence-corrected chi connectivity index (χ0v) is 30.9. The van der Waals surface area contributed by atoms with Crippen LogP contribution in [-0.4, -0.2) is 118 Å². The van der Waals surface area contributed by atoms with Crippen molar-refractivity contribution in [3.8, 4) is 0 Å². The molecule has 9 N–H and O–H groups in total. The maximum atomic E-state index is 13.5. The number of piperidine rings is 1. The van der Waals surface area contributed by atoms with Crippen molar-refractivity contribution in [2.75, 3.05) is 26.2 Å². The van der Waals surface area contributed by atoms with Crippen LogP contribution < -0.4 is 22.5 Å². The van der Waals surface area contributed by atoms with Gasteiger partial charge in [0.2, 0.25) is 17.7 Å². The van der Waals surface area contributed by atoms with E-state index >= 15 is 0 Å². The average Bonchev–Trinajstić information content (AvgIpc) is 3.65. The van der Waals surface area contributed by atoms with Crippen molar-refractivity contribution in [1.29, 1.82) is 0 Å². The number of aliphatic carboxylic acids is 2. The van der Waals surface area contributed by atoms with Crippen molar-refractivity contribution in [3.05, 3.63) is 48.0 Å². The predicted molar refractivity (Wildman–Crippen MR) is 194 cm³/mol. The number of carboxylic acids is 2. The molecule has 2 heterocycles. The van der Waals surface area contributed by atoms with Crippen LogP contribution in [0.4, 0.5) is 26.3 Å². The van der Waals surface area contributed by atoms with E-state index in [-0.39, 0.29) is 42.3 Å². The molecule has 0 saturated carbocycles. The third-order valence-corrected chi connectivity index (χ3v) is 8.85. The number of nitrogens with one attached hydrogen (secondary N) is 1. The topological polar surface area (TPSA) is 252 Å². The lowest BCUT2D eigenvalue weighted by Crippen LogP contribution is -2.54. The number of likely N-dealkylation sites (tertiary alicyclic amines) is 2. The summed E-state index contributed by atoms with van der Waals surface area (Å²) in [5.41, 5.74) is 18.2. The second-order valence-electron chi connectivity index (χ2n) is 13.2. The van der Waals surface area contributed by atoms with E-state index in [0.717, 1.165) is 48.7 Å². The molecule has 4 rings (SSSR count). The van der Waals surface area contributed by atoms with E-state index < -0.39 is 42.4 Å². The highest BCUT2D eigenvalue weighted by Gasteiger charge is 2.39. The Kier molecular flexibility index (Phi) is 18.7. The first-order valence-corrected chi connectivity index (χ1v) is 17.9. The largest absolute Gasteiger partial charge is 0.490 e. The van der Waals surface area contributed by atoms with Gasteiger partial charge in [0, 0.05) is 39.0 Å². The number of fused-ring (bicyclic) bond motifs is 1. The predicted octanol–water partition coefficient (Wildman–Crippen LogP) is 2.87. The van der Waals surface area contributed by atoms with E-state index in [4.69, 9.17) is 37.0 Å². The van der Waals surface area contributed by atoms with Gasteiger partial charge in [0.1, 0.15) is 6.04 Å². The molecule has 2 aromatic carbocycles. The summed E-state index contributed by atoms with van der Waals surface area (Å²) >= 11 is 0. The van der Waals surface area contributed by atoms with Crippen LogP contribution in [0.25, 0.3) is 10.8 Å². The maximum Gasteiger partial charge on any atom is 0.490 e. The van der Waals surface area contributed by atoms with Crippen molar-refractivity contribution in [2.24, 2.45) is 22.2 Å². The molecule has 2 fully saturated rings. The number of ketones is 1. The lowest BCUT2D eigenvalue weighted by atomic mass is 10.0. The van der Waals surface area contributed by atoms with Crippen molar-refractivity contribution in [3.63, 3.8) is 0 Å². The van der Waals surface area contributed by atoms with Gasteiger partial charge in [-0.15, -0.1) is 0 Å². The van der Waals surface area contributed by atoms with E-state index in [1.165, 1.54) is 0 Å². The molecule has 0 aromatic heterocycles. The molecule has 2 aliphatic heterocycles. The number of carbonyl (C=O) groups excluding carboxylic acids is 4. The minimum atomic E-state index is -5.08. The molecule has 0 bridgehead atoms. The lowest BCUT2D eigenvalue weighted by Gasteiger charge is -2.29. The van der Waals surface area contributed by atoms with Gasteiger partial charge in [0.15, 0.2) is 11.7 Å². The van der Waals surface area contributed by atoms with Crippen LogP contribution in [0.2, 0.25) is 0 Å². The number of guanidine groups is 1. The lowest BCUT2D eigenvalue weighted by molar-refractivity contribution is -0.193. The SMILES string of the molecule is NC(N)=NCCCC(NC(=O)[C@@H]1CCCN1C(=O)C(N)Cc1ccc2ccccc2c1)C(=O)CCC(=O)N1CCCCC1.O=C(O)C(F)(F)F.O=C(O)C(F)(F)F. The zero-order valence-electron chi connectivity index (χ0n) is 30.9. The molecule has 2 unspecified atom stereocenters. The van der Waals surface area contributed by atoms with Gasteiger partial charge < -0.3 is 42.5 Å². The van der Waals surface area contributed by atoms with E-state index in [9.17, 15) is 45.5 Å². The smallest absolute Gasteiger partial charge is 0.475 e. The van der Waals surface area contributed by atoms with Gasteiger partial charge in [-0.05, 0) is 67.7 Å². The highest BCUT2D eigenvalue weighted by Crippen LogP contribution is 2.22. The highest BCUT2D eigenvalue weighted by molar-refractivity contribution is 5.95. The molecule has 2 aromatic rings. The van der Waals surface area contributed by atoms with Crippen molar-refractivity contribution >= 4 is 52.2 Å². The Morgan fingerprint density at radius 1 is 0.825 bits per heavy atom. The second kappa shape index (κ2) is 22.3. The first kappa shape index (κ1) is 47.7. The Labute approximate surface area is 323 Å². The third kappa shape index (κ3) is 16.7. The molecular weight excluding hydrogens is 772 g/mol. The van der Waals surface area contributed by atoms with E-state index in [0.29, 0.717) is 45.2 Å². The molecule has 316 valence electrons. The summed E-state index contributed by atoms with van der Waals surface area (Å²) in [5, 5.41) is 19.3. The number of aliphatic imine (C=N–C) groups is 1. The number of alkyl halides is 6. The van der Waals surface area contributed by atoms with Crippen LogP contribution in [0, 0.1) is 0 Å². The van der Waals surface area contributed by atoms with Gasteiger partial charge in [-0.2, -0.15) is 26.3 Å². The van der Waals surface area contributed by atoms with Crippen LogP contribution in [0.15, 0.2) is 47.5 Å². The standard InChI is InChI=1S/C32H45N7O4.2C2HF3O2/c33-25(21-22-12-13-23-8-2-3-9-24(23)20-22)31(43)39-19-7-11-27(39)30(42)37-26(10-6-16-36-32(34)35)28(40)14-15-29(41)38-17-4-1-5-18-38;2*3-2(4,5)1(6)7/h2-3,8-9,12-13,20,25-27H,1,4-7,10-11,14-19,21,33H2,(H,37,42)(H4,34,35,36);2*(H,6,7)/t25?,26?,27-;;/m0../s1. The Hall–Kier alpha value is -5.47. The summed E-state index contributed by atoms with van der Waals surface area (Å²) in [5.74, 6) is -6.47. The van der Waals surface area contributed by atoms with Crippen LogP contribution in [0.3, 0.4) is 0 Å². The van der Waals surface area contributed by atoms with Crippen LogP contribution in [-0.2, 0) is 35.2 Å². The Morgan fingerprint density at radius 3 is 1.96 bits per heavy atom. The summed E-state index contributed by atoms with van der Waals surface area (Å²) in [6.07, 6.45) is -4.66. The number of Topliss-reactive ketones (excluding diaryl/α,β-unsaturated/α-hetero) is 1. The number of nitrogens with zero attached hydrogens (tertiary/aromatic N) is 3. The molecular formula is C36H47F6N7O8. The summed E-state index contributed by atoms with van der Waals surface area (Å²) in [7, 11) is 0. The first-order valence-electron chi connectivity index (χ1n) is 17.9. The van der Waals surface area contributed by atoms with E-state index in [1.54, 1.807) is 4.90 Å².